The molecule has 1 N–H and O–H groups in total. The van der Waals surface area contributed by atoms with E-state index in [0.29, 0.717) is 12.5 Å². The van der Waals surface area contributed by atoms with Crippen molar-refractivity contribution >= 4 is 22.6 Å². The van der Waals surface area contributed by atoms with Crippen LogP contribution >= 0.6 is 0 Å². The number of hydrogen-bond donors (Lipinski definition) is 1. The maximum absolute atomic E-state index is 13.0. The van der Waals surface area contributed by atoms with Crippen LogP contribution in [0.4, 0.5) is 10.5 Å². The molecule has 4 heterocycles. The summed E-state index contributed by atoms with van der Waals surface area (Å²) in [6.45, 7) is 7.95. The van der Waals surface area contributed by atoms with E-state index in [1.807, 2.05) is 11.0 Å². The van der Waals surface area contributed by atoms with Gasteiger partial charge in [0.15, 0.2) is 0 Å². The SMILES string of the molecule is CC(C)Cn1ccc2cc(NC(=O)N3CCC[C@@H](c4nnc5n4CCC5)C3)ccc21. The van der Waals surface area contributed by atoms with E-state index in [-0.39, 0.29) is 11.9 Å². The molecule has 7 heteroatoms. The van der Waals surface area contributed by atoms with Crippen LogP contribution in [0.5, 0.6) is 0 Å². The van der Waals surface area contributed by atoms with Crippen molar-refractivity contribution in [3.63, 3.8) is 0 Å². The van der Waals surface area contributed by atoms with Crippen molar-refractivity contribution in [3.05, 3.63) is 42.1 Å². The van der Waals surface area contributed by atoms with Crippen LogP contribution in [0.3, 0.4) is 0 Å². The van der Waals surface area contributed by atoms with Gasteiger partial charge in [-0.25, -0.2) is 4.79 Å². The number of carbonyl (C=O) groups is 1. The lowest BCUT2D eigenvalue weighted by Crippen LogP contribution is -2.42. The van der Waals surface area contributed by atoms with E-state index in [0.717, 1.165) is 68.0 Å². The van der Waals surface area contributed by atoms with Gasteiger partial charge in [0.2, 0.25) is 0 Å². The highest BCUT2D eigenvalue weighted by atomic mass is 16.2. The van der Waals surface area contributed by atoms with Gasteiger partial charge in [-0.05, 0) is 49.4 Å². The van der Waals surface area contributed by atoms with E-state index in [1.54, 1.807) is 0 Å². The maximum Gasteiger partial charge on any atom is 0.321 e. The Morgan fingerprint density at radius 3 is 2.97 bits per heavy atom. The Kier molecular flexibility index (Phi) is 4.97. The molecular formula is C23H30N6O. The van der Waals surface area contributed by atoms with Gasteiger partial charge >= 0.3 is 6.03 Å². The molecule has 1 aromatic carbocycles. The standard InChI is InChI=1S/C23H30N6O/c1-16(2)14-27-12-9-17-13-19(7-8-20(17)27)24-23(30)28-10-3-5-18(15-28)22-26-25-21-6-4-11-29(21)22/h7-9,12-13,16,18H,3-6,10-11,14-15H2,1-2H3,(H,24,30)/t18-/m1/s1. The summed E-state index contributed by atoms with van der Waals surface area (Å²) in [6.07, 6.45) is 6.36. The van der Waals surface area contributed by atoms with Gasteiger partial charge in [-0.15, -0.1) is 10.2 Å². The predicted molar refractivity (Wildman–Crippen MR) is 118 cm³/mol. The average Bonchev–Trinajstić information content (AvgIpc) is 3.44. The summed E-state index contributed by atoms with van der Waals surface area (Å²) in [6, 6.07) is 8.27. The number of nitrogens with one attached hydrogen (secondary N) is 1. The van der Waals surface area contributed by atoms with Crippen molar-refractivity contribution in [1.82, 2.24) is 24.2 Å². The molecule has 0 saturated carbocycles. The summed E-state index contributed by atoms with van der Waals surface area (Å²) in [7, 11) is 0. The Morgan fingerprint density at radius 2 is 2.10 bits per heavy atom. The van der Waals surface area contributed by atoms with Crippen LogP contribution in [0.15, 0.2) is 30.5 Å². The van der Waals surface area contributed by atoms with Crippen molar-refractivity contribution in [1.29, 1.82) is 0 Å². The molecule has 1 fully saturated rings. The van der Waals surface area contributed by atoms with Crippen LogP contribution in [-0.4, -0.2) is 43.4 Å². The number of rotatable bonds is 4. The summed E-state index contributed by atoms with van der Waals surface area (Å²) < 4.78 is 4.54. The summed E-state index contributed by atoms with van der Waals surface area (Å²) in [5.74, 6) is 3.03. The number of amides is 2. The van der Waals surface area contributed by atoms with Crippen LogP contribution in [0.25, 0.3) is 10.9 Å². The van der Waals surface area contributed by atoms with E-state index in [4.69, 9.17) is 0 Å². The lowest BCUT2D eigenvalue weighted by molar-refractivity contribution is 0.190. The van der Waals surface area contributed by atoms with Crippen LogP contribution in [0, 0.1) is 5.92 Å². The molecule has 2 amide bonds. The molecule has 2 aliphatic heterocycles. The zero-order chi connectivity index (χ0) is 20.7. The fourth-order valence-corrected chi connectivity index (χ4v) is 4.88. The third kappa shape index (κ3) is 3.57. The molecule has 30 heavy (non-hydrogen) atoms. The first-order valence-electron chi connectivity index (χ1n) is 11.2. The lowest BCUT2D eigenvalue weighted by Gasteiger charge is -2.32. The van der Waals surface area contributed by atoms with E-state index < -0.39 is 0 Å². The molecule has 0 bridgehead atoms. The number of fused-ring (bicyclic) bond motifs is 2. The molecule has 1 saturated heterocycles. The smallest absolute Gasteiger partial charge is 0.321 e. The number of hydrogen-bond acceptors (Lipinski definition) is 3. The molecule has 0 unspecified atom stereocenters. The van der Waals surface area contributed by atoms with Gasteiger partial charge in [0.1, 0.15) is 11.6 Å². The van der Waals surface area contributed by atoms with Crippen molar-refractivity contribution in [2.24, 2.45) is 5.92 Å². The molecule has 0 aliphatic carbocycles. The van der Waals surface area contributed by atoms with Crippen LogP contribution < -0.4 is 5.32 Å². The minimum Gasteiger partial charge on any atom is -0.347 e. The summed E-state index contributed by atoms with van der Waals surface area (Å²) in [5.41, 5.74) is 2.06. The second-order valence-corrected chi connectivity index (χ2v) is 9.08. The first kappa shape index (κ1) is 19.2. The minimum absolute atomic E-state index is 0.0261. The normalized spacial score (nSPS) is 18.9. The largest absolute Gasteiger partial charge is 0.347 e. The van der Waals surface area contributed by atoms with Gasteiger partial charge in [0.25, 0.3) is 0 Å². The van der Waals surface area contributed by atoms with E-state index in [9.17, 15) is 4.79 Å². The molecule has 2 aromatic heterocycles. The average molecular weight is 407 g/mol. The highest BCUT2D eigenvalue weighted by molar-refractivity contribution is 5.93. The van der Waals surface area contributed by atoms with Crippen LogP contribution in [-0.2, 0) is 19.5 Å². The molecule has 0 radical (unpaired) electrons. The number of likely N-dealkylation sites (tertiary alicyclic amines) is 1. The molecule has 1 atom stereocenters. The number of urea groups is 1. The topological polar surface area (TPSA) is 68.0 Å². The summed E-state index contributed by atoms with van der Waals surface area (Å²) in [4.78, 5) is 14.9. The Balaban J connectivity index is 1.27. The molecule has 2 aliphatic rings. The van der Waals surface area contributed by atoms with Crippen molar-refractivity contribution < 1.29 is 4.79 Å². The molecular weight excluding hydrogens is 376 g/mol. The highest BCUT2D eigenvalue weighted by Crippen LogP contribution is 2.29. The number of benzene rings is 1. The second kappa shape index (κ2) is 7.78. The van der Waals surface area contributed by atoms with E-state index in [1.165, 1.54) is 5.52 Å². The fraction of sp³-hybridized carbons (Fsp3) is 0.522. The Labute approximate surface area is 177 Å². The first-order chi connectivity index (χ1) is 14.6. The highest BCUT2D eigenvalue weighted by Gasteiger charge is 2.30. The van der Waals surface area contributed by atoms with Crippen molar-refractivity contribution in [3.8, 4) is 0 Å². The minimum atomic E-state index is -0.0261. The third-order valence-corrected chi connectivity index (χ3v) is 6.30. The zero-order valence-electron chi connectivity index (χ0n) is 17.8. The maximum atomic E-state index is 13.0. The van der Waals surface area contributed by atoms with Gasteiger partial charge in [-0.3, -0.25) is 0 Å². The van der Waals surface area contributed by atoms with Gasteiger partial charge < -0.3 is 19.4 Å². The Morgan fingerprint density at radius 1 is 1.20 bits per heavy atom. The van der Waals surface area contributed by atoms with Gasteiger partial charge in [-0.1, -0.05) is 13.8 Å². The Hall–Kier alpha value is -2.83. The predicted octanol–water partition coefficient (Wildman–Crippen LogP) is 4.25. The number of aryl methyl sites for hydroxylation is 1. The molecule has 0 spiro atoms. The van der Waals surface area contributed by atoms with Gasteiger partial charge in [0.05, 0.1) is 0 Å². The quantitative estimate of drug-likeness (QED) is 0.704. The van der Waals surface area contributed by atoms with E-state index in [2.05, 4.69) is 62.9 Å². The second-order valence-electron chi connectivity index (χ2n) is 9.08. The number of carbonyl (C=O) groups excluding carboxylic acids is 1. The lowest BCUT2D eigenvalue weighted by atomic mass is 9.97. The molecule has 7 nitrogen and oxygen atoms in total. The van der Waals surface area contributed by atoms with Gasteiger partial charge in [-0.2, -0.15) is 0 Å². The first-order valence-corrected chi connectivity index (χ1v) is 11.2. The van der Waals surface area contributed by atoms with Crippen LogP contribution in [0.1, 0.15) is 50.7 Å². The fourth-order valence-electron chi connectivity index (χ4n) is 4.88. The molecule has 158 valence electrons. The third-order valence-electron chi connectivity index (χ3n) is 6.30. The van der Waals surface area contributed by atoms with Crippen molar-refractivity contribution in [2.75, 3.05) is 18.4 Å². The number of nitrogens with zero attached hydrogens (tertiary/aromatic N) is 5. The monoisotopic (exact) mass is 406 g/mol. The van der Waals surface area contributed by atoms with Crippen LogP contribution in [0.2, 0.25) is 0 Å². The summed E-state index contributed by atoms with van der Waals surface area (Å²) in [5, 5.41) is 13.1. The molecule has 3 aromatic rings. The number of piperidine rings is 1. The van der Waals surface area contributed by atoms with Gasteiger partial charge in [0, 0.05) is 61.3 Å². The molecule has 5 rings (SSSR count). The Bertz CT molecular complexity index is 1070. The number of anilines is 1. The zero-order valence-corrected chi connectivity index (χ0v) is 17.8. The van der Waals surface area contributed by atoms with Crippen molar-refractivity contribution in [2.45, 2.75) is 58.5 Å². The number of aromatic nitrogens is 4. The van der Waals surface area contributed by atoms with E-state index >= 15 is 0 Å². The summed E-state index contributed by atoms with van der Waals surface area (Å²) >= 11 is 0.